The fraction of sp³-hybridized carbons (Fsp3) is 0.500. The number of nitrogens with one attached hydrogen (secondary N) is 2. The van der Waals surface area contributed by atoms with Crippen LogP contribution in [0.4, 0.5) is 0 Å². The third-order valence-corrected chi connectivity index (χ3v) is 3.91. The summed E-state index contributed by atoms with van der Waals surface area (Å²) >= 11 is 0. The van der Waals surface area contributed by atoms with Gasteiger partial charge in [0.25, 0.3) is 0 Å². The number of benzene rings is 1. The highest BCUT2D eigenvalue weighted by Gasteiger charge is 2.33. The number of para-hydroxylation sites is 2. The van der Waals surface area contributed by atoms with E-state index in [0.29, 0.717) is 6.04 Å². The van der Waals surface area contributed by atoms with Crippen molar-refractivity contribution in [3.8, 4) is 0 Å². The molecule has 0 saturated heterocycles. The van der Waals surface area contributed by atoms with E-state index in [1.807, 2.05) is 24.5 Å². The zero-order valence-corrected chi connectivity index (χ0v) is 12.7. The van der Waals surface area contributed by atoms with Crippen LogP contribution in [0.1, 0.15) is 20.3 Å². The first kappa shape index (κ1) is 13.9. The Morgan fingerprint density at radius 2 is 2.24 bits per heavy atom. The molecule has 2 unspecified atom stereocenters. The highest BCUT2D eigenvalue weighted by molar-refractivity contribution is 5.80. The number of hydrogen-bond donors (Lipinski definition) is 2. The molecule has 0 bridgehead atoms. The average molecular weight is 285 g/mol. The summed E-state index contributed by atoms with van der Waals surface area (Å²) in [5.41, 5.74) is 2.21. The fourth-order valence-corrected chi connectivity index (χ4v) is 2.48. The van der Waals surface area contributed by atoms with Gasteiger partial charge in [0, 0.05) is 19.1 Å². The van der Waals surface area contributed by atoms with Gasteiger partial charge in [0.1, 0.15) is 0 Å². The Kier molecular flexibility index (Phi) is 4.08. The van der Waals surface area contributed by atoms with E-state index in [2.05, 4.69) is 45.1 Å². The lowest BCUT2D eigenvalue weighted by atomic mass is 10.3. The largest absolute Gasteiger partial charge is 0.357 e. The van der Waals surface area contributed by atoms with Crippen LogP contribution in [0.15, 0.2) is 35.6 Å². The number of rotatable bonds is 5. The van der Waals surface area contributed by atoms with Gasteiger partial charge in [0.05, 0.1) is 23.9 Å². The number of aromatic nitrogens is 2. The van der Waals surface area contributed by atoms with E-state index in [1.165, 1.54) is 11.9 Å². The summed E-state index contributed by atoms with van der Waals surface area (Å²) in [6.07, 6.45) is 3.14. The zero-order chi connectivity index (χ0) is 14.7. The Bertz CT molecular complexity index is 630. The highest BCUT2D eigenvalue weighted by Crippen LogP contribution is 2.28. The van der Waals surface area contributed by atoms with Crippen LogP contribution < -0.4 is 10.6 Å². The van der Waals surface area contributed by atoms with Gasteiger partial charge in [-0.05, 0) is 31.4 Å². The summed E-state index contributed by atoms with van der Waals surface area (Å²) in [7, 11) is 0. The lowest BCUT2D eigenvalue weighted by Crippen LogP contribution is -2.39. The first-order valence-electron chi connectivity index (χ1n) is 7.72. The van der Waals surface area contributed by atoms with Crippen LogP contribution in [-0.4, -0.2) is 34.6 Å². The molecule has 1 aromatic carbocycles. The lowest BCUT2D eigenvalue weighted by Gasteiger charge is -2.11. The third kappa shape index (κ3) is 3.35. The number of guanidine groups is 1. The van der Waals surface area contributed by atoms with Crippen LogP contribution in [0.5, 0.6) is 0 Å². The summed E-state index contributed by atoms with van der Waals surface area (Å²) in [6, 6.07) is 8.79. The molecular formula is C16H23N5. The summed E-state index contributed by atoms with van der Waals surface area (Å²) in [5.74, 6) is 1.70. The molecule has 112 valence electrons. The van der Waals surface area contributed by atoms with E-state index in [9.17, 15) is 0 Å². The zero-order valence-electron chi connectivity index (χ0n) is 12.7. The van der Waals surface area contributed by atoms with Crippen LogP contribution in [0, 0.1) is 5.92 Å². The standard InChI is InChI=1S/C16H23N5/c1-3-17-16(20-14-10-12(14)2)18-8-9-21-11-19-13-6-4-5-7-15(13)21/h4-7,11-12,14H,3,8-10H2,1-2H3,(H2,17,18,20). The molecule has 2 N–H and O–H groups in total. The molecular weight excluding hydrogens is 262 g/mol. The second kappa shape index (κ2) is 6.16. The van der Waals surface area contributed by atoms with Crippen molar-refractivity contribution in [2.45, 2.75) is 32.9 Å². The quantitative estimate of drug-likeness (QED) is 0.652. The maximum atomic E-state index is 4.66. The van der Waals surface area contributed by atoms with Gasteiger partial charge < -0.3 is 15.2 Å². The van der Waals surface area contributed by atoms with Crippen LogP contribution in [0.3, 0.4) is 0 Å². The average Bonchev–Trinajstić information content (AvgIpc) is 3.02. The van der Waals surface area contributed by atoms with E-state index in [-0.39, 0.29) is 0 Å². The van der Waals surface area contributed by atoms with Crippen LogP contribution in [-0.2, 0) is 6.54 Å². The predicted molar refractivity (Wildman–Crippen MR) is 86.4 cm³/mol. The number of fused-ring (bicyclic) bond motifs is 1. The normalized spacial score (nSPS) is 21.5. The summed E-state index contributed by atoms with van der Waals surface area (Å²) in [5, 5.41) is 6.78. The molecule has 1 fully saturated rings. The molecule has 1 aliphatic carbocycles. The van der Waals surface area contributed by atoms with Crippen molar-refractivity contribution in [1.82, 2.24) is 20.2 Å². The number of nitrogens with zero attached hydrogens (tertiary/aromatic N) is 3. The molecule has 0 amide bonds. The van der Waals surface area contributed by atoms with E-state index < -0.39 is 0 Å². The molecule has 1 aliphatic rings. The summed E-state index contributed by atoms with van der Waals surface area (Å²) in [6.45, 7) is 6.84. The SMILES string of the molecule is CCNC(=NCCn1cnc2ccccc21)NC1CC1C. The molecule has 0 aliphatic heterocycles. The van der Waals surface area contributed by atoms with Crippen molar-refractivity contribution in [2.24, 2.45) is 10.9 Å². The number of aliphatic imine (C=N–C) groups is 1. The molecule has 2 atom stereocenters. The number of imidazole rings is 1. The Hall–Kier alpha value is -2.04. The van der Waals surface area contributed by atoms with Crippen molar-refractivity contribution in [1.29, 1.82) is 0 Å². The molecule has 0 radical (unpaired) electrons. The van der Waals surface area contributed by atoms with Gasteiger partial charge in [-0.2, -0.15) is 0 Å². The minimum absolute atomic E-state index is 0.594. The van der Waals surface area contributed by atoms with Crippen molar-refractivity contribution in [3.63, 3.8) is 0 Å². The Morgan fingerprint density at radius 3 is 3.00 bits per heavy atom. The van der Waals surface area contributed by atoms with Crippen LogP contribution in [0.25, 0.3) is 11.0 Å². The Labute approximate surface area is 125 Å². The van der Waals surface area contributed by atoms with Crippen LogP contribution in [0.2, 0.25) is 0 Å². The monoisotopic (exact) mass is 285 g/mol. The smallest absolute Gasteiger partial charge is 0.191 e. The molecule has 0 spiro atoms. The molecule has 1 heterocycles. The topological polar surface area (TPSA) is 54.2 Å². The summed E-state index contributed by atoms with van der Waals surface area (Å²) < 4.78 is 2.15. The molecule has 5 heteroatoms. The van der Waals surface area contributed by atoms with E-state index >= 15 is 0 Å². The van der Waals surface area contributed by atoms with Gasteiger partial charge in [0.2, 0.25) is 0 Å². The van der Waals surface area contributed by atoms with Gasteiger partial charge in [-0.25, -0.2) is 4.98 Å². The third-order valence-electron chi connectivity index (χ3n) is 3.91. The van der Waals surface area contributed by atoms with Gasteiger partial charge in [-0.3, -0.25) is 4.99 Å². The lowest BCUT2D eigenvalue weighted by molar-refractivity contribution is 0.710. The summed E-state index contributed by atoms with van der Waals surface area (Å²) in [4.78, 5) is 9.06. The van der Waals surface area contributed by atoms with E-state index in [0.717, 1.165) is 37.0 Å². The minimum Gasteiger partial charge on any atom is -0.357 e. The first-order valence-corrected chi connectivity index (χ1v) is 7.72. The molecule has 1 aromatic heterocycles. The van der Waals surface area contributed by atoms with Gasteiger partial charge in [0.15, 0.2) is 5.96 Å². The molecule has 5 nitrogen and oxygen atoms in total. The molecule has 2 aromatic rings. The van der Waals surface area contributed by atoms with Gasteiger partial charge in [-0.15, -0.1) is 0 Å². The van der Waals surface area contributed by atoms with E-state index in [1.54, 1.807) is 0 Å². The van der Waals surface area contributed by atoms with Crippen LogP contribution >= 0.6 is 0 Å². The predicted octanol–water partition coefficient (Wildman–Crippen LogP) is 2.00. The highest BCUT2D eigenvalue weighted by atomic mass is 15.2. The second-order valence-electron chi connectivity index (χ2n) is 5.65. The molecule has 21 heavy (non-hydrogen) atoms. The first-order chi connectivity index (χ1) is 10.3. The van der Waals surface area contributed by atoms with Gasteiger partial charge >= 0.3 is 0 Å². The second-order valence-corrected chi connectivity index (χ2v) is 5.65. The maximum Gasteiger partial charge on any atom is 0.191 e. The van der Waals surface area contributed by atoms with Crippen molar-refractivity contribution in [3.05, 3.63) is 30.6 Å². The van der Waals surface area contributed by atoms with Crippen molar-refractivity contribution >= 4 is 17.0 Å². The fourth-order valence-electron chi connectivity index (χ4n) is 2.48. The van der Waals surface area contributed by atoms with Crippen molar-refractivity contribution in [2.75, 3.05) is 13.1 Å². The number of hydrogen-bond acceptors (Lipinski definition) is 2. The minimum atomic E-state index is 0.594. The Balaban J connectivity index is 1.61. The molecule has 1 saturated carbocycles. The molecule has 3 rings (SSSR count). The van der Waals surface area contributed by atoms with Gasteiger partial charge in [-0.1, -0.05) is 19.1 Å². The maximum absolute atomic E-state index is 4.66. The van der Waals surface area contributed by atoms with E-state index in [4.69, 9.17) is 0 Å². The van der Waals surface area contributed by atoms with Crippen molar-refractivity contribution < 1.29 is 0 Å². The Morgan fingerprint density at radius 1 is 1.43 bits per heavy atom.